The maximum atomic E-state index is 5.32. The van der Waals surface area contributed by atoms with Crippen molar-refractivity contribution in [3.8, 4) is 0 Å². The van der Waals surface area contributed by atoms with Gasteiger partial charge in [-0.3, -0.25) is 4.99 Å². The quantitative estimate of drug-likeness (QED) is 0.920. The third-order valence-corrected chi connectivity index (χ3v) is 5.48. The lowest BCUT2D eigenvalue weighted by atomic mass is 9.78. The van der Waals surface area contributed by atoms with E-state index in [1.807, 2.05) is 23.9 Å². The van der Waals surface area contributed by atoms with Crippen molar-refractivity contribution in [2.45, 2.75) is 44.6 Å². The van der Waals surface area contributed by atoms with Crippen molar-refractivity contribution in [1.82, 2.24) is 5.32 Å². The summed E-state index contributed by atoms with van der Waals surface area (Å²) in [6, 6.07) is 3.95. The first kappa shape index (κ1) is 13.1. The van der Waals surface area contributed by atoms with Gasteiger partial charge in [0.25, 0.3) is 0 Å². The lowest BCUT2D eigenvalue weighted by Crippen LogP contribution is -2.46. The van der Waals surface area contributed by atoms with Gasteiger partial charge in [0.15, 0.2) is 5.17 Å². The van der Waals surface area contributed by atoms with Crippen LogP contribution in [0.4, 0.5) is 0 Å². The van der Waals surface area contributed by atoms with E-state index in [-0.39, 0.29) is 0 Å². The molecule has 1 aromatic heterocycles. The zero-order valence-electron chi connectivity index (χ0n) is 11.5. The average molecular weight is 278 g/mol. The maximum Gasteiger partial charge on any atom is 0.157 e. The first-order valence-electron chi connectivity index (χ1n) is 7.24. The van der Waals surface area contributed by atoms with Gasteiger partial charge in [-0.2, -0.15) is 0 Å². The van der Waals surface area contributed by atoms with Crippen LogP contribution in [-0.4, -0.2) is 23.0 Å². The molecule has 1 aliphatic carbocycles. The van der Waals surface area contributed by atoms with Gasteiger partial charge in [0, 0.05) is 24.3 Å². The Balaban J connectivity index is 1.51. The Kier molecular flexibility index (Phi) is 3.87. The summed E-state index contributed by atoms with van der Waals surface area (Å²) in [7, 11) is 0. The number of nitrogens with zero attached hydrogens (tertiary/aromatic N) is 1. The van der Waals surface area contributed by atoms with Gasteiger partial charge in [0.1, 0.15) is 5.76 Å². The van der Waals surface area contributed by atoms with Gasteiger partial charge in [0.2, 0.25) is 0 Å². The van der Waals surface area contributed by atoms with E-state index >= 15 is 0 Å². The van der Waals surface area contributed by atoms with Gasteiger partial charge in [0.05, 0.1) is 6.26 Å². The molecule has 0 radical (unpaired) electrons. The standard InChI is InChI=1S/C15H22N2OS/c1-12-4-7-15(8-5-12)11-19-14(17-15)16-9-6-13-3-2-10-18-13/h2-3,10,12H,4-9,11H2,1H3,(H,16,17). The first-order chi connectivity index (χ1) is 9.26. The number of thioether (sulfide) groups is 1. The van der Waals surface area contributed by atoms with Gasteiger partial charge in [-0.05, 0) is 43.7 Å². The molecule has 0 unspecified atom stereocenters. The molecule has 2 heterocycles. The van der Waals surface area contributed by atoms with E-state index in [0.29, 0.717) is 5.54 Å². The van der Waals surface area contributed by atoms with Crippen LogP contribution in [0.3, 0.4) is 0 Å². The highest BCUT2D eigenvalue weighted by atomic mass is 32.2. The molecular weight excluding hydrogens is 256 g/mol. The molecule has 19 heavy (non-hydrogen) atoms. The second-order valence-corrected chi connectivity index (χ2v) is 6.86. The molecule has 4 heteroatoms. The molecular formula is C15H22N2OS. The maximum absolute atomic E-state index is 5.32. The molecule has 2 aliphatic rings. The minimum absolute atomic E-state index is 0.348. The van der Waals surface area contributed by atoms with E-state index in [4.69, 9.17) is 4.42 Å². The molecule has 1 aliphatic heterocycles. The Morgan fingerprint density at radius 2 is 2.32 bits per heavy atom. The van der Waals surface area contributed by atoms with E-state index in [1.54, 1.807) is 6.26 Å². The van der Waals surface area contributed by atoms with Gasteiger partial charge >= 0.3 is 0 Å². The fourth-order valence-electron chi connectivity index (χ4n) is 2.90. The first-order valence-corrected chi connectivity index (χ1v) is 8.22. The van der Waals surface area contributed by atoms with E-state index in [1.165, 1.54) is 31.4 Å². The predicted molar refractivity (Wildman–Crippen MR) is 80.7 cm³/mol. The van der Waals surface area contributed by atoms with E-state index in [0.717, 1.165) is 29.8 Å². The Morgan fingerprint density at radius 1 is 1.47 bits per heavy atom. The second-order valence-electron chi connectivity index (χ2n) is 5.89. The van der Waals surface area contributed by atoms with Gasteiger partial charge in [-0.25, -0.2) is 0 Å². The Morgan fingerprint density at radius 3 is 3.05 bits per heavy atom. The number of rotatable bonds is 3. The van der Waals surface area contributed by atoms with E-state index in [2.05, 4.69) is 17.2 Å². The normalized spacial score (nSPS) is 32.9. The number of furan rings is 1. The Bertz CT molecular complexity index is 433. The highest BCUT2D eigenvalue weighted by Gasteiger charge is 2.39. The van der Waals surface area contributed by atoms with Crippen molar-refractivity contribution in [3.63, 3.8) is 0 Å². The lowest BCUT2D eigenvalue weighted by molar-refractivity contribution is 0.251. The zero-order valence-corrected chi connectivity index (χ0v) is 12.3. The smallest absolute Gasteiger partial charge is 0.157 e. The Labute approximate surface area is 119 Å². The molecule has 1 N–H and O–H groups in total. The largest absolute Gasteiger partial charge is 0.469 e. The van der Waals surface area contributed by atoms with Crippen LogP contribution >= 0.6 is 11.8 Å². The van der Waals surface area contributed by atoms with E-state index in [9.17, 15) is 0 Å². The van der Waals surface area contributed by atoms with Crippen LogP contribution in [-0.2, 0) is 6.42 Å². The van der Waals surface area contributed by atoms with Crippen molar-refractivity contribution >= 4 is 16.9 Å². The van der Waals surface area contributed by atoms with Crippen molar-refractivity contribution in [2.24, 2.45) is 10.9 Å². The molecule has 3 rings (SSSR count). The molecule has 0 bridgehead atoms. The summed E-state index contributed by atoms with van der Waals surface area (Å²) in [6.45, 7) is 3.18. The SMILES string of the molecule is CC1CCC2(CC1)CSC(=NCCc1ccco1)N2. The Hall–Kier alpha value is -0.900. The minimum atomic E-state index is 0.348. The van der Waals surface area contributed by atoms with Crippen LogP contribution in [0.2, 0.25) is 0 Å². The third-order valence-electron chi connectivity index (χ3n) is 4.28. The van der Waals surface area contributed by atoms with Crippen LogP contribution in [0, 0.1) is 5.92 Å². The summed E-state index contributed by atoms with van der Waals surface area (Å²) in [6.07, 6.45) is 7.93. The monoisotopic (exact) mass is 278 g/mol. The van der Waals surface area contributed by atoms with Crippen molar-refractivity contribution in [2.75, 3.05) is 12.3 Å². The number of aliphatic imine (C=N–C) groups is 1. The molecule has 1 aromatic rings. The zero-order chi connectivity index (χ0) is 13.1. The molecule has 1 saturated heterocycles. The summed E-state index contributed by atoms with van der Waals surface area (Å²) in [5, 5.41) is 4.83. The summed E-state index contributed by atoms with van der Waals surface area (Å²) in [4.78, 5) is 4.68. The molecule has 3 nitrogen and oxygen atoms in total. The number of hydrogen-bond donors (Lipinski definition) is 1. The average Bonchev–Trinajstić information content (AvgIpc) is 3.05. The third kappa shape index (κ3) is 3.16. The second kappa shape index (κ2) is 5.61. The fraction of sp³-hybridized carbons (Fsp3) is 0.667. The van der Waals surface area contributed by atoms with Crippen LogP contribution in [0.5, 0.6) is 0 Å². The molecule has 0 amide bonds. The summed E-state index contributed by atoms with van der Waals surface area (Å²) < 4.78 is 5.32. The van der Waals surface area contributed by atoms with Crippen molar-refractivity contribution in [1.29, 1.82) is 0 Å². The highest BCUT2D eigenvalue weighted by molar-refractivity contribution is 8.14. The summed E-state index contributed by atoms with van der Waals surface area (Å²) >= 11 is 1.89. The van der Waals surface area contributed by atoms with Crippen molar-refractivity contribution in [3.05, 3.63) is 24.2 Å². The van der Waals surface area contributed by atoms with Gasteiger partial charge < -0.3 is 9.73 Å². The van der Waals surface area contributed by atoms with Crippen LogP contribution in [0.1, 0.15) is 38.4 Å². The number of amidine groups is 1. The predicted octanol–water partition coefficient (Wildman–Crippen LogP) is 3.46. The van der Waals surface area contributed by atoms with Gasteiger partial charge in [-0.1, -0.05) is 18.7 Å². The van der Waals surface area contributed by atoms with Crippen LogP contribution < -0.4 is 5.32 Å². The topological polar surface area (TPSA) is 37.5 Å². The number of nitrogens with one attached hydrogen (secondary N) is 1. The lowest BCUT2D eigenvalue weighted by Gasteiger charge is -2.35. The van der Waals surface area contributed by atoms with E-state index < -0.39 is 0 Å². The molecule has 1 saturated carbocycles. The van der Waals surface area contributed by atoms with Crippen molar-refractivity contribution < 1.29 is 4.42 Å². The molecule has 1 spiro atoms. The molecule has 2 fully saturated rings. The highest BCUT2D eigenvalue weighted by Crippen LogP contribution is 2.38. The fourth-order valence-corrected chi connectivity index (χ4v) is 4.14. The molecule has 104 valence electrons. The van der Waals surface area contributed by atoms with Crippen LogP contribution in [0.15, 0.2) is 27.8 Å². The summed E-state index contributed by atoms with van der Waals surface area (Å²) in [5.41, 5.74) is 0.348. The molecule has 0 atom stereocenters. The number of hydrogen-bond acceptors (Lipinski definition) is 3. The van der Waals surface area contributed by atoms with Crippen LogP contribution in [0.25, 0.3) is 0 Å². The van der Waals surface area contributed by atoms with Gasteiger partial charge in [-0.15, -0.1) is 0 Å². The summed E-state index contributed by atoms with van der Waals surface area (Å²) in [5.74, 6) is 3.12. The minimum Gasteiger partial charge on any atom is -0.469 e. The molecule has 0 aromatic carbocycles.